The summed E-state index contributed by atoms with van der Waals surface area (Å²) in [6.07, 6.45) is 7.53. The normalized spacial score (nSPS) is 20.0. The number of aromatic nitrogens is 1. The highest BCUT2D eigenvalue weighted by atomic mass is 16.2. The van der Waals surface area contributed by atoms with Gasteiger partial charge in [0.05, 0.1) is 6.54 Å². The molecule has 132 valence electrons. The number of para-hydroxylation sites is 1. The molecule has 0 saturated heterocycles. The SMILES string of the molecule is NC1CCC(NC(=O)CN(Cc2cccnc2)c2ccccc2)CC1. The van der Waals surface area contributed by atoms with Crippen molar-refractivity contribution < 1.29 is 4.79 Å². The van der Waals surface area contributed by atoms with E-state index >= 15 is 0 Å². The van der Waals surface area contributed by atoms with E-state index in [4.69, 9.17) is 5.73 Å². The molecule has 1 aliphatic rings. The minimum atomic E-state index is 0.0632. The van der Waals surface area contributed by atoms with Crippen molar-refractivity contribution in [1.82, 2.24) is 10.3 Å². The van der Waals surface area contributed by atoms with Crippen molar-refractivity contribution in [3.63, 3.8) is 0 Å². The fraction of sp³-hybridized carbons (Fsp3) is 0.400. The monoisotopic (exact) mass is 338 g/mol. The molecule has 3 rings (SSSR count). The van der Waals surface area contributed by atoms with Crippen molar-refractivity contribution in [2.24, 2.45) is 5.73 Å². The van der Waals surface area contributed by atoms with Gasteiger partial charge in [0.1, 0.15) is 0 Å². The van der Waals surface area contributed by atoms with Gasteiger partial charge in [0.25, 0.3) is 0 Å². The van der Waals surface area contributed by atoms with Gasteiger partial charge in [-0.2, -0.15) is 0 Å². The lowest BCUT2D eigenvalue weighted by Crippen LogP contribution is -2.44. The average Bonchev–Trinajstić information content (AvgIpc) is 2.65. The molecular formula is C20H26N4O. The molecule has 1 aliphatic carbocycles. The van der Waals surface area contributed by atoms with Crippen LogP contribution < -0.4 is 16.0 Å². The van der Waals surface area contributed by atoms with Gasteiger partial charge in [-0.05, 0) is 49.4 Å². The summed E-state index contributed by atoms with van der Waals surface area (Å²) in [4.78, 5) is 18.8. The molecule has 1 saturated carbocycles. The largest absolute Gasteiger partial charge is 0.358 e. The fourth-order valence-electron chi connectivity index (χ4n) is 3.30. The maximum atomic E-state index is 12.6. The van der Waals surface area contributed by atoms with Crippen LogP contribution in [-0.4, -0.2) is 29.5 Å². The number of hydrogen-bond donors (Lipinski definition) is 2. The van der Waals surface area contributed by atoms with Crippen LogP contribution in [0.15, 0.2) is 54.9 Å². The number of nitrogens with zero attached hydrogens (tertiary/aromatic N) is 2. The number of carbonyl (C=O) groups is 1. The minimum absolute atomic E-state index is 0.0632. The molecule has 25 heavy (non-hydrogen) atoms. The van der Waals surface area contributed by atoms with Gasteiger partial charge in [-0.3, -0.25) is 9.78 Å². The Morgan fingerprint density at radius 1 is 1.12 bits per heavy atom. The Labute approximate surface area is 149 Å². The van der Waals surface area contributed by atoms with Crippen LogP contribution in [0.2, 0.25) is 0 Å². The van der Waals surface area contributed by atoms with Gasteiger partial charge in [-0.1, -0.05) is 24.3 Å². The van der Waals surface area contributed by atoms with Crippen LogP contribution in [-0.2, 0) is 11.3 Å². The van der Waals surface area contributed by atoms with E-state index in [2.05, 4.69) is 15.2 Å². The van der Waals surface area contributed by atoms with Crippen molar-refractivity contribution >= 4 is 11.6 Å². The number of pyridine rings is 1. The van der Waals surface area contributed by atoms with E-state index in [1.165, 1.54) is 0 Å². The maximum Gasteiger partial charge on any atom is 0.239 e. The highest BCUT2D eigenvalue weighted by Crippen LogP contribution is 2.18. The first-order chi connectivity index (χ1) is 12.2. The molecule has 1 aromatic heterocycles. The molecule has 0 bridgehead atoms. The molecule has 1 heterocycles. The van der Waals surface area contributed by atoms with Crippen LogP contribution in [0.5, 0.6) is 0 Å². The van der Waals surface area contributed by atoms with Gasteiger partial charge in [0, 0.05) is 36.7 Å². The Kier molecular flexibility index (Phi) is 6.01. The van der Waals surface area contributed by atoms with E-state index in [0.29, 0.717) is 19.1 Å². The zero-order valence-electron chi connectivity index (χ0n) is 14.5. The third-order valence-electron chi connectivity index (χ3n) is 4.69. The number of anilines is 1. The summed E-state index contributed by atoms with van der Waals surface area (Å²) in [6.45, 7) is 0.988. The lowest BCUT2D eigenvalue weighted by atomic mass is 9.92. The Bertz CT molecular complexity index is 654. The Morgan fingerprint density at radius 2 is 1.88 bits per heavy atom. The zero-order chi connectivity index (χ0) is 17.5. The highest BCUT2D eigenvalue weighted by Gasteiger charge is 2.21. The molecule has 1 fully saturated rings. The first-order valence-corrected chi connectivity index (χ1v) is 8.94. The van der Waals surface area contributed by atoms with Gasteiger partial charge < -0.3 is 16.0 Å². The molecule has 1 aromatic carbocycles. The Balaban J connectivity index is 1.64. The van der Waals surface area contributed by atoms with Gasteiger partial charge in [-0.25, -0.2) is 0 Å². The summed E-state index contributed by atoms with van der Waals surface area (Å²) in [5.74, 6) is 0.0632. The predicted molar refractivity (Wildman–Crippen MR) is 100 cm³/mol. The first kappa shape index (κ1) is 17.4. The second-order valence-corrected chi connectivity index (χ2v) is 6.73. The van der Waals surface area contributed by atoms with Gasteiger partial charge in [0.15, 0.2) is 0 Å². The number of nitrogens with two attached hydrogens (primary N) is 1. The van der Waals surface area contributed by atoms with Crippen LogP contribution in [0.4, 0.5) is 5.69 Å². The number of benzene rings is 1. The van der Waals surface area contributed by atoms with Crippen LogP contribution in [0.25, 0.3) is 0 Å². The summed E-state index contributed by atoms with van der Waals surface area (Å²) < 4.78 is 0. The topological polar surface area (TPSA) is 71.2 Å². The highest BCUT2D eigenvalue weighted by molar-refractivity contribution is 5.81. The van der Waals surface area contributed by atoms with Crippen molar-refractivity contribution in [2.45, 2.75) is 44.3 Å². The number of rotatable bonds is 6. The van der Waals surface area contributed by atoms with E-state index in [1.54, 1.807) is 6.20 Å². The summed E-state index contributed by atoms with van der Waals surface area (Å²) in [6, 6.07) is 14.5. The molecule has 5 nitrogen and oxygen atoms in total. The molecule has 2 aromatic rings. The summed E-state index contributed by atoms with van der Waals surface area (Å²) >= 11 is 0. The molecular weight excluding hydrogens is 312 g/mol. The first-order valence-electron chi connectivity index (χ1n) is 8.94. The predicted octanol–water partition coefficient (Wildman–Crippen LogP) is 2.47. The quantitative estimate of drug-likeness (QED) is 0.849. The number of hydrogen-bond acceptors (Lipinski definition) is 4. The number of carbonyl (C=O) groups excluding carboxylic acids is 1. The van der Waals surface area contributed by atoms with Gasteiger partial charge >= 0.3 is 0 Å². The van der Waals surface area contributed by atoms with E-state index in [-0.39, 0.29) is 11.9 Å². The molecule has 0 atom stereocenters. The zero-order valence-corrected chi connectivity index (χ0v) is 14.5. The molecule has 0 radical (unpaired) electrons. The standard InChI is InChI=1S/C20H26N4O/c21-17-8-10-18(11-9-17)23-20(25)15-24(19-6-2-1-3-7-19)14-16-5-4-12-22-13-16/h1-7,12-13,17-18H,8-11,14-15,21H2,(H,23,25). The molecule has 3 N–H and O–H groups in total. The van der Waals surface area contributed by atoms with Gasteiger partial charge in [0.2, 0.25) is 5.91 Å². The molecule has 1 amide bonds. The third kappa shape index (κ3) is 5.29. The molecule has 0 spiro atoms. The van der Waals surface area contributed by atoms with E-state index in [0.717, 1.165) is 36.9 Å². The van der Waals surface area contributed by atoms with E-state index < -0.39 is 0 Å². The number of nitrogens with one attached hydrogen (secondary N) is 1. The molecule has 0 unspecified atom stereocenters. The van der Waals surface area contributed by atoms with E-state index in [1.807, 2.05) is 48.7 Å². The van der Waals surface area contributed by atoms with Gasteiger partial charge in [-0.15, -0.1) is 0 Å². The average molecular weight is 338 g/mol. The summed E-state index contributed by atoms with van der Waals surface area (Å²) in [7, 11) is 0. The van der Waals surface area contributed by atoms with Crippen LogP contribution in [0.1, 0.15) is 31.2 Å². The van der Waals surface area contributed by atoms with E-state index in [9.17, 15) is 4.79 Å². The third-order valence-corrected chi connectivity index (χ3v) is 4.69. The van der Waals surface area contributed by atoms with Crippen molar-refractivity contribution in [3.05, 3.63) is 60.4 Å². The Hall–Kier alpha value is -2.40. The van der Waals surface area contributed by atoms with Crippen LogP contribution in [0.3, 0.4) is 0 Å². The number of amides is 1. The Morgan fingerprint density at radius 3 is 2.56 bits per heavy atom. The minimum Gasteiger partial charge on any atom is -0.358 e. The van der Waals surface area contributed by atoms with Crippen molar-refractivity contribution in [2.75, 3.05) is 11.4 Å². The summed E-state index contributed by atoms with van der Waals surface area (Å²) in [5, 5.41) is 3.17. The maximum absolute atomic E-state index is 12.6. The van der Waals surface area contributed by atoms with Crippen LogP contribution in [0, 0.1) is 0 Å². The van der Waals surface area contributed by atoms with Crippen molar-refractivity contribution in [1.29, 1.82) is 0 Å². The lowest BCUT2D eigenvalue weighted by Gasteiger charge is -2.29. The summed E-state index contributed by atoms with van der Waals surface area (Å²) in [5.41, 5.74) is 8.06. The van der Waals surface area contributed by atoms with Crippen LogP contribution >= 0.6 is 0 Å². The smallest absolute Gasteiger partial charge is 0.239 e. The lowest BCUT2D eigenvalue weighted by molar-refractivity contribution is -0.120. The van der Waals surface area contributed by atoms with Crippen molar-refractivity contribution in [3.8, 4) is 0 Å². The molecule has 5 heteroatoms. The molecule has 0 aliphatic heterocycles. The second kappa shape index (κ2) is 8.62. The second-order valence-electron chi connectivity index (χ2n) is 6.73. The fourth-order valence-corrected chi connectivity index (χ4v) is 3.30.